The lowest BCUT2D eigenvalue weighted by atomic mass is 9.95. The first-order chi connectivity index (χ1) is 7.54. The lowest BCUT2D eigenvalue weighted by molar-refractivity contribution is 0.107. The fourth-order valence-electron chi connectivity index (χ4n) is 2.58. The van der Waals surface area contributed by atoms with Crippen molar-refractivity contribution in [2.24, 2.45) is 11.8 Å². The van der Waals surface area contributed by atoms with Crippen molar-refractivity contribution < 1.29 is 0 Å². The summed E-state index contributed by atoms with van der Waals surface area (Å²) < 4.78 is 0. The van der Waals surface area contributed by atoms with Crippen LogP contribution >= 0.6 is 0 Å². The summed E-state index contributed by atoms with van der Waals surface area (Å²) in [6.45, 7) is 12.1. The molecular weight excluding hydrogens is 196 g/mol. The van der Waals surface area contributed by atoms with E-state index in [0.717, 1.165) is 25.6 Å². The van der Waals surface area contributed by atoms with E-state index in [4.69, 9.17) is 6.42 Å². The molecule has 0 saturated carbocycles. The zero-order valence-corrected chi connectivity index (χ0v) is 11.2. The summed E-state index contributed by atoms with van der Waals surface area (Å²) in [6, 6.07) is 1.21. The van der Waals surface area contributed by atoms with Gasteiger partial charge in [0.25, 0.3) is 0 Å². The van der Waals surface area contributed by atoms with Crippen LogP contribution in [-0.2, 0) is 0 Å². The van der Waals surface area contributed by atoms with Crippen molar-refractivity contribution in [3.63, 3.8) is 0 Å². The topological polar surface area (TPSA) is 15.3 Å². The Kier molecular flexibility index (Phi) is 5.31. The molecule has 2 atom stereocenters. The summed E-state index contributed by atoms with van der Waals surface area (Å²) in [5, 5.41) is 3.66. The maximum absolute atomic E-state index is 5.46. The average Bonchev–Trinajstić information content (AvgIpc) is 2.17. The highest BCUT2D eigenvalue weighted by molar-refractivity contribution is 4.95. The minimum Gasteiger partial charge on any atom is -0.311 e. The minimum atomic E-state index is 0.597. The minimum absolute atomic E-state index is 0.597. The van der Waals surface area contributed by atoms with Gasteiger partial charge in [0, 0.05) is 25.2 Å². The van der Waals surface area contributed by atoms with E-state index in [1.54, 1.807) is 0 Å². The van der Waals surface area contributed by atoms with E-state index in [-0.39, 0.29) is 0 Å². The lowest BCUT2D eigenvalue weighted by Crippen LogP contribution is -2.58. The second kappa shape index (κ2) is 6.27. The van der Waals surface area contributed by atoms with Crippen molar-refractivity contribution in [2.45, 2.75) is 46.2 Å². The van der Waals surface area contributed by atoms with Gasteiger partial charge < -0.3 is 5.32 Å². The van der Waals surface area contributed by atoms with Gasteiger partial charge in [-0.25, -0.2) is 0 Å². The molecule has 0 aromatic rings. The molecule has 1 rings (SSSR count). The van der Waals surface area contributed by atoms with Crippen molar-refractivity contribution in [1.82, 2.24) is 10.2 Å². The Balaban J connectivity index is 2.54. The monoisotopic (exact) mass is 222 g/mol. The first-order valence-corrected chi connectivity index (χ1v) is 6.45. The highest BCUT2D eigenvalue weighted by atomic mass is 15.2. The van der Waals surface area contributed by atoms with Crippen LogP contribution in [0.3, 0.4) is 0 Å². The number of nitrogens with one attached hydrogen (secondary N) is 1. The van der Waals surface area contributed by atoms with E-state index in [0.29, 0.717) is 18.0 Å². The third-order valence-electron chi connectivity index (χ3n) is 3.36. The molecule has 0 amide bonds. The number of rotatable bonds is 4. The average molecular weight is 222 g/mol. The largest absolute Gasteiger partial charge is 0.311 e. The van der Waals surface area contributed by atoms with Gasteiger partial charge in [0.05, 0.1) is 6.54 Å². The Morgan fingerprint density at radius 3 is 2.56 bits per heavy atom. The Morgan fingerprint density at radius 2 is 2.06 bits per heavy atom. The Bertz CT molecular complexity index is 240. The maximum Gasteiger partial charge on any atom is 0.0602 e. The third-order valence-corrected chi connectivity index (χ3v) is 3.36. The molecule has 2 heteroatoms. The van der Waals surface area contributed by atoms with Crippen molar-refractivity contribution in [1.29, 1.82) is 0 Å². The molecule has 92 valence electrons. The Morgan fingerprint density at radius 1 is 1.38 bits per heavy atom. The quantitative estimate of drug-likeness (QED) is 0.732. The molecule has 0 bridgehead atoms. The molecule has 2 unspecified atom stereocenters. The predicted octanol–water partition coefficient (Wildman–Crippen LogP) is 1.96. The van der Waals surface area contributed by atoms with Gasteiger partial charge in [-0.1, -0.05) is 33.6 Å². The summed E-state index contributed by atoms with van der Waals surface area (Å²) in [5.41, 5.74) is 0. The predicted molar refractivity (Wildman–Crippen MR) is 70.3 cm³/mol. The molecule has 1 saturated heterocycles. The van der Waals surface area contributed by atoms with Crippen LogP contribution in [0.5, 0.6) is 0 Å². The van der Waals surface area contributed by atoms with Crippen LogP contribution in [0.15, 0.2) is 0 Å². The molecule has 16 heavy (non-hydrogen) atoms. The normalized spacial score (nSPS) is 27.3. The van der Waals surface area contributed by atoms with Gasteiger partial charge in [0.2, 0.25) is 0 Å². The van der Waals surface area contributed by atoms with Crippen LogP contribution in [0.4, 0.5) is 0 Å². The summed E-state index contributed by atoms with van der Waals surface area (Å²) in [5.74, 6) is 4.21. The van der Waals surface area contributed by atoms with E-state index in [1.165, 1.54) is 6.42 Å². The number of nitrogens with zero attached hydrogens (tertiary/aromatic N) is 1. The molecular formula is C14H26N2. The van der Waals surface area contributed by atoms with E-state index < -0.39 is 0 Å². The van der Waals surface area contributed by atoms with E-state index >= 15 is 0 Å². The van der Waals surface area contributed by atoms with Crippen LogP contribution in [0.25, 0.3) is 0 Å². The molecule has 0 aromatic heterocycles. The highest BCUT2D eigenvalue weighted by Gasteiger charge is 2.29. The zero-order valence-electron chi connectivity index (χ0n) is 11.2. The molecule has 1 aliphatic rings. The number of terminal acetylenes is 1. The third kappa shape index (κ3) is 3.81. The molecule has 0 spiro atoms. The van der Waals surface area contributed by atoms with Gasteiger partial charge in [0.1, 0.15) is 0 Å². The molecule has 1 N–H and O–H groups in total. The number of hydrogen-bond donors (Lipinski definition) is 1. The van der Waals surface area contributed by atoms with Gasteiger partial charge in [-0.15, -0.1) is 6.42 Å². The number of piperazine rings is 1. The highest BCUT2D eigenvalue weighted by Crippen LogP contribution is 2.17. The summed E-state index contributed by atoms with van der Waals surface area (Å²) in [7, 11) is 0. The van der Waals surface area contributed by atoms with Gasteiger partial charge in [-0.2, -0.15) is 0 Å². The smallest absolute Gasteiger partial charge is 0.0602 e. The molecule has 1 heterocycles. The van der Waals surface area contributed by atoms with Crippen LogP contribution in [0, 0.1) is 24.2 Å². The maximum atomic E-state index is 5.46. The lowest BCUT2D eigenvalue weighted by Gasteiger charge is -2.42. The van der Waals surface area contributed by atoms with Crippen molar-refractivity contribution >= 4 is 0 Å². The van der Waals surface area contributed by atoms with Gasteiger partial charge >= 0.3 is 0 Å². The molecule has 0 aliphatic carbocycles. The van der Waals surface area contributed by atoms with Crippen LogP contribution in [0.2, 0.25) is 0 Å². The second-order valence-electron chi connectivity index (χ2n) is 5.68. The summed E-state index contributed by atoms with van der Waals surface area (Å²) in [6.07, 6.45) is 6.70. The molecule has 0 aromatic carbocycles. The Hall–Kier alpha value is -0.520. The van der Waals surface area contributed by atoms with E-state index in [1.807, 2.05) is 0 Å². The molecule has 0 radical (unpaired) electrons. The van der Waals surface area contributed by atoms with Crippen molar-refractivity contribution in [3.8, 4) is 12.3 Å². The van der Waals surface area contributed by atoms with Crippen LogP contribution < -0.4 is 5.32 Å². The molecule has 2 nitrogen and oxygen atoms in total. The summed E-state index contributed by atoms with van der Waals surface area (Å²) >= 11 is 0. The van der Waals surface area contributed by atoms with Gasteiger partial charge in [-0.3, -0.25) is 4.90 Å². The van der Waals surface area contributed by atoms with E-state index in [2.05, 4.69) is 43.8 Å². The summed E-state index contributed by atoms with van der Waals surface area (Å²) in [4.78, 5) is 2.47. The zero-order chi connectivity index (χ0) is 12.1. The SMILES string of the molecule is C#CCN1CC(CC(C)C)NCC1C(C)C. The molecule has 1 aliphatic heterocycles. The van der Waals surface area contributed by atoms with Crippen LogP contribution in [0.1, 0.15) is 34.1 Å². The van der Waals surface area contributed by atoms with E-state index in [9.17, 15) is 0 Å². The van der Waals surface area contributed by atoms with Gasteiger partial charge in [0.15, 0.2) is 0 Å². The standard InChI is InChI=1S/C14H26N2/c1-6-7-16-10-13(8-11(2)3)15-9-14(16)12(4)5/h1,11-15H,7-10H2,2-5H3. The molecule has 1 fully saturated rings. The second-order valence-corrected chi connectivity index (χ2v) is 5.68. The van der Waals surface area contributed by atoms with Crippen molar-refractivity contribution in [3.05, 3.63) is 0 Å². The Labute approximate surface area is 101 Å². The number of hydrogen-bond acceptors (Lipinski definition) is 2. The first-order valence-electron chi connectivity index (χ1n) is 6.45. The van der Waals surface area contributed by atoms with Crippen molar-refractivity contribution in [2.75, 3.05) is 19.6 Å². The first kappa shape index (κ1) is 13.5. The van der Waals surface area contributed by atoms with Gasteiger partial charge in [-0.05, 0) is 18.3 Å². The fraction of sp³-hybridized carbons (Fsp3) is 0.857. The fourth-order valence-corrected chi connectivity index (χ4v) is 2.58. The van der Waals surface area contributed by atoms with Crippen LogP contribution in [-0.4, -0.2) is 36.6 Å².